The van der Waals surface area contributed by atoms with Crippen molar-refractivity contribution in [3.63, 3.8) is 0 Å². The van der Waals surface area contributed by atoms with E-state index in [-0.39, 0.29) is 11.4 Å². The zero-order valence-corrected chi connectivity index (χ0v) is 16.7. The van der Waals surface area contributed by atoms with E-state index < -0.39 is 22.0 Å². The number of ether oxygens (including phenoxy) is 3. The molecular formula is C19H22N2O6S. The van der Waals surface area contributed by atoms with E-state index in [1.807, 2.05) is 0 Å². The third kappa shape index (κ3) is 3.90. The first-order valence-corrected chi connectivity index (χ1v) is 10.1. The van der Waals surface area contributed by atoms with Gasteiger partial charge in [0.1, 0.15) is 28.2 Å². The van der Waals surface area contributed by atoms with Crippen molar-refractivity contribution in [2.45, 2.75) is 17.9 Å². The number of anilines is 1. The molecule has 1 aliphatic heterocycles. The Morgan fingerprint density at radius 3 is 2.36 bits per heavy atom. The van der Waals surface area contributed by atoms with Crippen LogP contribution in [0.1, 0.15) is 6.92 Å². The minimum Gasteiger partial charge on any atom is -0.497 e. The van der Waals surface area contributed by atoms with E-state index >= 15 is 0 Å². The Morgan fingerprint density at radius 2 is 1.71 bits per heavy atom. The van der Waals surface area contributed by atoms with Gasteiger partial charge in [-0.1, -0.05) is 0 Å². The van der Waals surface area contributed by atoms with E-state index in [9.17, 15) is 13.2 Å². The Bertz CT molecular complexity index is 959. The van der Waals surface area contributed by atoms with Crippen molar-refractivity contribution in [2.24, 2.45) is 0 Å². The fourth-order valence-corrected chi connectivity index (χ4v) is 4.69. The Balaban J connectivity index is 1.89. The summed E-state index contributed by atoms with van der Waals surface area (Å²) >= 11 is 0. The molecule has 0 aliphatic carbocycles. The normalized spacial score (nSPS) is 16.8. The number of benzene rings is 2. The summed E-state index contributed by atoms with van der Waals surface area (Å²) in [4.78, 5) is 11.9. The summed E-state index contributed by atoms with van der Waals surface area (Å²) in [6.07, 6.45) is 0. The maximum atomic E-state index is 13.0. The maximum Gasteiger partial charge on any atom is 0.323 e. The van der Waals surface area contributed by atoms with E-state index in [1.54, 1.807) is 43.5 Å². The average Bonchev–Trinajstić information content (AvgIpc) is 2.82. The molecule has 0 aromatic heterocycles. The van der Waals surface area contributed by atoms with Crippen LogP contribution in [0.15, 0.2) is 47.4 Å². The molecule has 2 aromatic rings. The van der Waals surface area contributed by atoms with Gasteiger partial charge in [-0.05, 0) is 43.3 Å². The molecule has 0 radical (unpaired) electrons. The molecule has 9 heteroatoms. The van der Waals surface area contributed by atoms with Crippen molar-refractivity contribution in [2.75, 3.05) is 32.6 Å². The Kier molecular flexibility index (Phi) is 5.76. The third-order valence-corrected chi connectivity index (χ3v) is 6.48. The van der Waals surface area contributed by atoms with E-state index in [2.05, 4.69) is 5.32 Å². The SMILES string of the molecule is COC(=O)[C@@H](C)N1CCNc2cc(Oc3ccc(OC)cc3)ccc2S1(=O)=O. The molecule has 1 heterocycles. The number of hydrogen-bond acceptors (Lipinski definition) is 7. The predicted octanol–water partition coefficient (Wildman–Crippen LogP) is 2.47. The smallest absolute Gasteiger partial charge is 0.323 e. The molecule has 0 unspecified atom stereocenters. The highest BCUT2D eigenvalue weighted by atomic mass is 32.2. The van der Waals surface area contributed by atoms with Gasteiger partial charge in [0, 0.05) is 19.2 Å². The molecule has 0 saturated heterocycles. The number of methoxy groups -OCH3 is 2. The van der Waals surface area contributed by atoms with Crippen molar-refractivity contribution in [3.8, 4) is 17.2 Å². The minimum atomic E-state index is -3.87. The van der Waals surface area contributed by atoms with E-state index in [0.717, 1.165) is 4.31 Å². The number of nitrogens with zero attached hydrogens (tertiary/aromatic N) is 1. The van der Waals surface area contributed by atoms with Gasteiger partial charge >= 0.3 is 5.97 Å². The molecule has 1 aliphatic rings. The highest BCUT2D eigenvalue weighted by Crippen LogP contribution is 2.33. The highest BCUT2D eigenvalue weighted by molar-refractivity contribution is 7.89. The fraction of sp³-hybridized carbons (Fsp3) is 0.316. The molecule has 2 aromatic carbocycles. The molecule has 3 rings (SSSR count). The maximum absolute atomic E-state index is 13.0. The molecule has 150 valence electrons. The lowest BCUT2D eigenvalue weighted by Gasteiger charge is -2.24. The van der Waals surface area contributed by atoms with Crippen LogP contribution in [0, 0.1) is 0 Å². The Hall–Kier alpha value is -2.78. The standard InChI is InChI=1S/C19H22N2O6S/c1-13(19(22)26-3)21-11-10-20-17-12-16(8-9-18(17)28(21,23)24)27-15-6-4-14(25-2)5-7-15/h4-9,12-13,20H,10-11H2,1-3H3/t13-/m1/s1. The van der Waals surface area contributed by atoms with Gasteiger partial charge in [-0.15, -0.1) is 0 Å². The quantitative estimate of drug-likeness (QED) is 0.762. The first-order valence-electron chi connectivity index (χ1n) is 8.66. The van der Waals surface area contributed by atoms with Crippen LogP contribution in [0.4, 0.5) is 5.69 Å². The van der Waals surface area contributed by atoms with Gasteiger partial charge in [-0.3, -0.25) is 4.79 Å². The van der Waals surface area contributed by atoms with Crippen molar-refractivity contribution < 1.29 is 27.4 Å². The topological polar surface area (TPSA) is 94.2 Å². The van der Waals surface area contributed by atoms with Crippen LogP contribution < -0.4 is 14.8 Å². The number of sulfonamides is 1. The van der Waals surface area contributed by atoms with Gasteiger partial charge in [0.25, 0.3) is 0 Å². The van der Waals surface area contributed by atoms with Gasteiger partial charge in [0.05, 0.1) is 19.9 Å². The van der Waals surface area contributed by atoms with Crippen LogP contribution in [0.2, 0.25) is 0 Å². The second-order valence-corrected chi connectivity index (χ2v) is 8.04. The van der Waals surface area contributed by atoms with Crippen LogP contribution in [0.3, 0.4) is 0 Å². The van der Waals surface area contributed by atoms with Gasteiger partial charge in [0.2, 0.25) is 10.0 Å². The Morgan fingerprint density at radius 1 is 1.07 bits per heavy atom. The van der Waals surface area contributed by atoms with Crippen LogP contribution in [0.5, 0.6) is 17.2 Å². The zero-order valence-electron chi connectivity index (χ0n) is 15.8. The van der Waals surface area contributed by atoms with E-state index in [1.165, 1.54) is 20.1 Å². The number of hydrogen-bond donors (Lipinski definition) is 1. The first kappa shape index (κ1) is 20.0. The second kappa shape index (κ2) is 8.07. The van der Waals surface area contributed by atoms with Crippen LogP contribution in [-0.2, 0) is 19.6 Å². The summed E-state index contributed by atoms with van der Waals surface area (Å²) in [5.74, 6) is 1.19. The van der Waals surface area contributed by atoms with Crippen molar-refractivity contribution >= 4 is 21.7 Å². The monoisotopic (exact) mass is 406 g/mol. The Labute approximate surface area is 164 Å². The summed E-state index contributed by atoms with van der Waals surface area (Å²) in [6.45, 7) is 2.00. The second-order valence-electron chi connectivity index (χ2n) is 6.18. The number of rotatable bonds is 5. The number of carbonyl (C=O) groups excluding carboxylic acids is 1. The minimum absolute atomic E-state index is 0.0860. The number of carbonyl (C=O) groups is 1. The predicted molar refractivity (Wildman–Crippen MR) is 103 cm³/mol. The van der Waals surface area contributed by atoms with Gasteiger partial charge in [-0.25, -0.2) is 8.42 Å². The summed E-state index contributed by atoms with van der Waals surface area (Å²) in [7, 11) is -1.06. The lowest BCUT2D eigenvalue weighted by molar-refractivity contribution is -0.144. The fourth-order valence-electron chi connectivity index (χ4n) is 2.95. The third-order valence-electron chi connectivity index (χ3n) is 4.45. The van der Waals surface area contributed by atoms with Gasteiger partial charge in [0.15, 0.2) is 0 Å². The van der Waals surface area contributed by atoms with Crippen molar-refractivity contribution in [1.82, 2.24) is 4.31 Å². The van der Waals surface area contributed by atoms with Crippen molar-refractivity contribution in [1.29, 1.82) is 0 Å². The summed E-state index contributed by atoms with van der Waals surface area (Å²) in [6, 6.07) is 10.8. The van der Waals surface area contributed by atoms with Crippen LogP contribution in [-0.4, -0.2) is 52.0 Å². The van der Waals surface area contributed by atoms with E-state index in [0.29, 0.717) is 29.5 Å². The lowest BCUT2D eigenvalue weighted by Crippen LogP contribution is -2.44. The zero-order chi connectivity index (χ0) is 20.3. The van der Waals surface area contributed by atoms with Crippen LogP contribution in [0.25, 0.3) is 0 Å². The molecule has 0 saturated carbocycles. The molecular weight excluding hydrogens is 384 g/mol. The summed E-state index contributed by atoms with van der Waals surface area (Å²) < 4.78 is 42.9. The average molecular weight is 406 g/mol. The highest BCUT2D eigenvalue weighted by Gasteiger charge is 2.36. The molecule has 28 heavy (non-hydrogen) atoms. The lowest BCUT2D eigenvalue weighted by atomic mass is 10.3. The number of nitrogens with one attached hydrogen (secondary N) is 1. The molecule has 8 nitrogen and oxygen atoms in total. The van der Waals surface area contributed by atoms with E-state index in [4.69, 9.17) is 14.2 Å². The largest absolute Gasteiger partial charge is 0.497 e. The van der Waals surface area contributed by atoms with Gasteiger partial charge < -0.3 is 19.5 Å². The van der Waals surface area contributed by atoms with Crippen molar-refractivity contribution in [3.05, 3.63) is 42.5 Å². The number of fused-ring (bicyclic) bond motifs is 1. The molecule has 0 amide bonds. The summed E-state index contributed by atoms with van der Waals surface area (Å²) in [5, 5.41) is 3.09. The molecule has 1 atom stereocenters. The van der Waals surface area contributed by atoms with Gasteiger partial charge in [-0.2, -0.15) is 4.31 Å². The van der Waals surface area contributed by atoms with Crippen LogP contribution >= 0.6 is 0 Å². The molecule has 1 N–H and O–H groups in total. The first-order chi connectivity index (χ1) is 13.4. The molecule has 0 bridgehead atoms. The molecule has 0 spiro atoms. The summed E-state index contributed by atoms with van der Waals surface area (Å²) in [5.41, 5.74) is 0.422. The number of esters is 1. The molecule has 0 fully saturated rings.